The lowest BCUT2D eigenvalue weighted by atomic mass is 10.0. The highest BCUT2D eigenvalue weighted by atomic mass is 32.2. The summed E-state index contributed by atoms with van der Waals surface area (Å²) in [6.45, 7) is 0.642. The van der Waals surface area contributed by atoms with Crippen molar-refractivity contribution in [2.24, 2.45) is 0 Å². The summed E-state index contributed by atoms with van der Waals surface area (Å²) in [6, 6.07) is 8.15. The lowest BCUT2D eigenvalue weighted by molar-refractivity contribution is 0.339. The largest absolute Gasteiger partial charge is 0.492 e. The molecular formula is C14H12N2OS2. The van der Waals surface area contributed by atoms with Gasteiger partial charge in [-0.2, -0.15) is 11.8 Å². The van der Waals surface area contributed by atoms with E-state index in [1.54, 1.807) is 0 Å². The molecule has 0 fully saturated rings. The summed E-state index contributed by atoms with van der Waals surface area (Å²) in [4.78, 5) is 8.06. The van der Waals surface area contributed by atoms with Crippen molar-refractivity contribution in [1.82, 2.24) is 9.97 Å². The number of para-hydroxylation sites is 1. The SMILES string of the molecule is S=c1nc(C2COc3ccccc32)[nH]c2c1CSC2. The van der Waals surface area contributed by atoms with E-state index in [4.69, 9.17) is 17.0 Å². The topological polar surface area (TPSA) is 37.9 Å². The molecule has 0 saturated carbocycles. The molecular weight excluding hydrogens is 276 g/mol. The molecule has 5 heteroatoms. The summed E-state index contributed by atoms with van der Waals surface area (Å²) in [5, 5.41) is 0. The highest BCUT2D eigenvalue weighted by molar-refractivity contribution is 7.98. The Morgan fingerprint density at radius 2 is 2.21 bits per heavy atom. The number of benzene rings is 1. The smallest absolute Gasteiger partial charge is 0.134 e. The van der Waals surface area contributed by atoms with Crippen LogP contribution in [-0.2, 0) is 11.5 Å². The van der Waals surface area contributed by atoms with Crippen molar-refractivity contribution in [3.63, 3.8) is 0 Å². The number of aromatic amines is 1. The zero-order chi connectivity index (χ0) is 12.8. The Bertz CT molecular complexity index is 711. The normalized spacial score (nSPS) is 19.9. The van der Waals surface area contributed by atoms with Crippen LogP contribution in [0.4, 0.5) is 0 Å². The molecule has 2 aromatic rings. The molecule has 1 N–H and O–H groups in total. The van der Waals surface area contributed by atoms with E-state index >= 15 is 0 Å². The van der Waals surface area contributed by atoms with Crippen LogP contribution in [0.25, 0.3) is 0 Å². The number of hydrogen-bond donors (Lipinski definition) is 1. The Balaban J connectivity index is 1.83. The van der Waals surface area contributed by atoms with Crippen LogP contribution >= 0.6 is 24.0 Å². The molecule has 96 valence electrons. The number of nitrogens with one attached hydrogen (secondary N) is 1. The number of thioether (sulfide) groups is 1. The summed E-state index contributed by atoms with van der Waals surface area (Å²) in [5.41, 5.74) is 3.64. The van der Waals surface area contributed by atoms with Gasteiger partial charge in [0.25, 0.3) is 0 Å². The Kier molecular flexibility index (Phi) is 2.63. The highest BCUT2D eigenvalue weighted by Crippen LogP contribution is 2.37. The molecule has 0 amide bonds. The van der Waals surface area contributed by atoms with E-state index in [1.807, 2.05) is 30.0 Å². The van der Waals surface area contributed by atoms with Gasteiger partial charge in [0.2, 0.25) is 0 Å². The van der Waals surface area contributed by atoms with E-state index in [1.165, 1.54) is 16.8 Å². The van der Waals surface area contributed by atoms with Crippen molar-refractivity contribution in [3.8, 4) is 5.75 Å². The van der Waals surface area contributed by atoms with Crippen molar-refractivity contribution in [1.29, 1.82) is 0 Å². The molecule has 0 spiro atoms. The van der Waals surface area contributed by atoms with Gasteiger partial charge in [0.05, 0.1) is 5.92 Å². The molecule has 1 aromatic carbocycles. The molecule has 2 aliphatic heterocycles. The number of hydrogen-bond acceptors (Lipinski definition) is 4. The van der Waals surface area contributed by atoms with E-state index < -0.39 is 0 Å². The zero-order valence-electron chi connectivity index (χ0n) is 10.2. The second-order valence-electron chi connectivity index (χ2n) is 4.78. The third kappa shape index (κ3) is 1.80. The first-order valence-electron chi connectivity index (χ1n) is 6.24. The third-order valence-corrected chi connectivity index (χ3v) is 4.97. The number of nitrogens with zero attached hydrogens (tertiary/aromatic N) is 1. The van der Waals surface area contributed by atoms with Crippen LogP contribution in [0.3, 0.4) is 0 Å². The van der Waals surface area contributed by atoms with Crippen LogP contribution in [0.1, 0.15) is 28.6 Å². The molecule has 3 nitrogen and oxygen atoms in total. The lowest BCUT2D eigenvalue weighted by Gasteiger charge is -2.10. The molecule has 3 heterocycles. The van der Waals surface area contributed by atoms with Crippen LogP contribution in [-0.4, -0.2) is 16.6 Å². The fourth-order valence-corrected chi connectivity index (χ4v) is 4.10. The molecule has 1 unspecified atom stereocenters. The lowest BCUT2D eigenvalue weighted by Crippen LogP contribution is -2.10. The van der Waals surface area contributed by atoms with Crippen molar-refractivity contribution in [2.75, 3.05) is 6.61 Å². The zero-order valence-corrected chi connectivity index (χ0v) is 11.8. The summed E-state index contributed by atoms with van der Waals surface area (Å²) in [5.74, 6) is 4.06. The molecule has 1 atom stereocenters. The summed E-state index contributed by atoms with van der Waals surface area (Å²) >= 11 is 7.30. The predicted octanol–water partition coefficient (Wildman–Crippen LogP) is 3.41. The molecule has 0 aliphatic carbocycles. The molecule has 4 rings (SSSR count). The van der Waals surface area contributed by atoms with Crippen molar-refractivity contribution < 1.29 is 4.74 Å². The van der Waals surface area contributed by atoms with Crippen LogP contribution in [0.15, 0.2) is 24.3 Å². The maximum atomic E-state index is 5.73. The van der Waals surface area contributed by atoms with Gasteiger partial charge in [0.15, 0.2) is 0 Å². The van der Waals surface area contributed by atoms with Gasteiger partial charge in [-0.15, -0.1) is 0 Å². The number of H-pyrrole nitrogens is 1. The minimum absolute atomic E-state index is 0.175. The Labute approximate surface area is 120 Å². The van der Waals surface area contributed by atoms with Crippen molar-refractivity contribution in [3.05, 3.63) is 51.6 Å². The van der Waals surface area contributed by atoms with Crippen molar-refractivity contribution in [2.45, 2.75) is 17.4 Å². The minimum Gasteiger partial charge on any atom is -0.492 e. The first kappa shape index (κ1) is 11.5. The molecule has 0 radical (unpaired) electrons. The van der Waals surface area contributed by atoms with E-state index in [9.17, 15) is 0 Å². The Hall–Kier alpha value is -1.33. The highest BCUT2D eigenvalue weighted by Gasteiger charge is 2.28. The summed E-state index contributed by atoms with van der Waals surface area (Å²) < 4.78 is 6.47. The standard InChI is InChI=1S/C14H12N2OS2/c18-14-10-6-19-7-11(10)15-13(16-14)9-5-17-12-4-2-1-3-8(9)12/h1-4,9H,5-7H2,(H,15,16,18). The predicted molar refractivity (Wildman–Crippen MR) is 78.2 cm³/mol. The van der Waals surface area contributed by atoms with Gasteiger partial charge in [0, 0.05) is 28.3 Å². The van der Waals surface area contributed by atoms with E-state index in [0.717, 1.165) is 27.7 Å². The first-order chi connectivity index (χ1) is 9.33. The fraction of sp³-hybridized carbons (Fsp3) is 0.286. The van der Waals surface area contributed by atoms with Crippen LogP contribution in [0.5, 0.6) is 5.75 Å². The van der Waals surface area contributed by atoms with Gasteiger partial charge in [0.1, 0.15) is 22.8 Å². The second-order valence-corrected chi connectivity index (χ2v) is 6.15. The van der Waals surface area contributed by atoms with E-state index in [0.29, 0.717) is 6.61 Å². The van der Waals surface area contributed by atoms with Gasteiger partial charge in [-0.3, -0.25) is 0 Å². The third-order valence-electron chi connectivity index (χ3n) is 3.65. The first-order valence-corrected chi connectivity index (χ1v) is 7.80. The molecule has 0 saturated heterocycles. The van der Waals surface area contributed by atoms with Gasteiger partial charge >= 0.3 is 0 Å². The monoisotopic (exact) mass is 288 g/mol. The molecule has 19 heavy (non-hydrogen) atoms. The Morgan fingerprint density at radius 3 is 3.16 bits per heavy atom. The summed E-state index contributed by atoms with van der Waals surface area (Å²) in [7, 11) is 0. The number of fused-ring (bicyclic) bond motifs is 2. The molecule has 2 aliphatic rings. The minimum atomic E-state index is 0.175. The number of rotatable bonds is 1. The average molecular weight is 288 g/mol. The summed E-state index contributed by atoms with van der Waals surface area (Å²) in [6.07, 6.45) is 0. The Morgan fingerprint density at radius 1 is 1.32 bits per heavy atom. The van der Waals surface area contributed by atoms with Gasteiger partial charge < -0.3 is 9.72 Å². The van der Waals surface area contributed by atoms with E-state index in [2.05, 4.69) is 16.0 Å². The van der Waals surface area contributed by atoms with Gasteiger partial charge in [-0.1, -0.05) is 30.4 Å². The van der Waals surface area contributed by atoms with Gasteiger partial charge in [-0.25, -0.2) is 4.98 Å². The van der Waals surface area contributed by atoms with Gasteiger partial charge in [-0.05, 0) is 6.07 Å². The number of aromatic nitrogens is 2. The van der Waals surface area contributed by atoms with Crippen LogP contribution in [0, 0.1) is 4.64 Å². The maximum absolute atomic E-state index is 5.73. The quantitative estimate of drug-likeness (QED) is 0.816. The fourth-order valence-electron chi connectivity index (χ4n) is 2.65. The van der Waals surface area contributed by atoms with Crippen molar-refractivity contribution >= 4 is 24.0 Å². The van der Waals surface area contributed by atoms with Crippen LogP contribution in [0.2, 0.25) is 0 Å². The second kappa shape index (κ2) is 4.35. The molecule has 0 bridgehead atoms. The van der Waals surface area contributed by atoms with E-state index in [-0.39, 0.29) is 5.92 Å². The average Bonchev–Trinajstić information content (AvgIpc) is 3.04. The van der Waals surface area contributed by atoms with Crippen LogP contribution < -0.4 is 4.74 Å². The maximum Gasteiger partial charge on any atom is 0.134 e. The number of ether oxygens (including phenoxy) is 1. The molecule has 1 aromatic heterocycles.